The zero-order valence-electron chi connectivity index (χ0n) is 12.2. The number of methoxy groups -OCH3 is 1. The summed E-state index contributed by atoms with van der Waals surface area (Å²) in [7, 11) is -1.47. The Balaban J connectivity index is 2.01. The van der Waals surface area contributed by atoms with Gasteiger partial charge in [-0.25, -0.2) is 8.42 Å². The summed E-state index contributed by atoms with van der Waals surface area (Å²) in [5.74, 6) is 0. The minimum atomic E-state index is -3.14. The lowest BCUT2D eigenvalue weighted by molar-refractivity contribution is 0.185. The molecule has 5 heteroatoms. The highest BCUT2D eigenvalue weighted by Gasteiger charge is 2.05. The molecule has 0 aliphatic carbocycles. The summed E-state index contributed by atoms with van der Waals surface area (Å²) < 4.78 is 27.9. The number of hydrogen-bond donors (Lipinski definition) is 1. The van der Waals surface area contributed by atoms with E-state index in [9.17, 15) is 8.42 Å². The molecule has 4 nitrogen and oxygen atoms in total. The Bertz CT molecular complexity index is 694. The van der Waals surface area contributed by atoms with Gasteiger partial charge in [0.1, 0.15) is 0 Å². The maximum Gasteiger partial charge on any atom is 0.175 e. The third kappa shape index (κ3) is 4.58. The second kappa shape index (κ2) is 6.74. The smallest absolute Gasteiger partial charge is 0.175 e. The maximum atomic E-state index is 11.4. The zero-order chi connectivity index (χ0) is 15.3. The van der Waals surface area contributed by atoms with E-state index < -0.39 is 9.84 Å². The van der Waals surface area contributed by atoms with Crippen LogP contribution in [0.5, 0.6) is 0 Å². The van der Waals surface area contributed by atoms with Gasteiger partial charge in [-0.1, -0.05) is 24.3 Å². The Hall–Kier alpha value is -1.85. The molecule has 0 saturated carbocycles. The SMILES string of the molecule is COCc1cccc(CNc2ccc(S(C)(=O)=O)cc2)c1. The van der Waals surface area contributed by atoms with Gasteiger partial charge in [0.2, 0.25) is 0 Å². The van der Waals surface area contributed by atoms with Crippen LogP contribution in [0.3, 0.4) is 0 Å². The normalized spacial score (nSPS) is 11.3. The lowest BCUT2D eigenvalue weighted by atomic mass is 10.1. The van der Waals surface area contributed by atoms with Crippen molar-refractivity contribution >= 4 is 15.5 Å². The van der Waals surface area contributed by atoms with Gasteiger partial charge < -0.3 is 10.1 Å². The van der Waals surface area contributed by atoms with E-state index in [2.05, 4.69) is 11.4 Å². The molecule has 0 atom stereocenters. The summed E-state index contributed by atoms with van der Waals surface area (Å²) in [5, 5.41) is 3.27. The van der Waals surface area contributed by atoms with Crippen LogP contribution in [0.4, 0.5) is 5.69 Å². The molecule has 112 valence electrons. The van der Waals surface area contributed by atoms with Crippen LogP contribution in [0.1, 0.15) is 11.1 Å². The Morgan fingerprint density at radius 2 is 1.71 bits per heavy atom. The average Bonchev–Trinajstić information content (AvgIpc) is 2.45. The molecular formula is C16H19NO3S. The summed E-state index contributed by atoms with van der Waals surface area (Å²) in [6, 6.07) is 14.9. The molecule has 0 aliphatic rings. The average molecular weight is 305 g/mol. The van der Waals surface area contributed by atoms with Crippen molar-refractivity contribution in [1.29, 1.82) is 0 Å². The Labute approximate surface area is 125 Å². The Morgan fingerprint density at radius 1 is 1.05 bits per heavy atom. The van der Waals surface area contributed by atoms with Gasteiger partial charge in [0.05, 0.1) is 11.5 Å². The van der Waals surface area contributed by atoms with Gasteiger partial charge in [-0.2, -0.15) is 0 Å². The lowest BCUT2D eigenvalue weighted by Gasteiger charge is -2.08. The fourth-order valence-electron chi connectivity index (χ4n) is 2.02. The molecule has 21 heavy (non-hydrogen) atoms. The van der Waals surface area contributed by atoms with E-state index in [1.165, 1.54) is 6.26 Å². The van der Waals surface area contributed by atoms with Crippen molar-refractivity contribution in [3.8, 4) is 0 Å². The van der Waals surface area contributed by atoms with Crippen LogP contribution in [0.15, 0.2) is 53.4 Å². The van der Waals surface area contributed by atoms with E-state index in [0.29, 0.717) is 18.0 Å². The monoisotopic (exact) mass is 305 g/mol. The number of nitrogens with one attached hydrogen (secondary N) is 1. The van der Waals surface area contributed by atoms with Crippen molar-refractivity contribution in [3.05, 3.63) is 59.7 Å². The first-order valence-electron chi connectivity index (χ1n) is 6.60. The fraction of sp³-hybridized carbons (Fsp3) is 0.250. The van der Waals surface area contributed by atoms with Crippen LogP contribution in [0.25, 0.3) is 0 Å². The molecule has 0 heterocycles. The number of rotatable bonds is 6. The van der Waals surface area contributed by atoms with Crippen LogP contribution in [-0.4, -0.2) is 21.8 Å². The van der Waals surface area contributed by atoms with E-state index in [-0.39, 0.29) is 0 Å². The summed E-state index contributed by atoms with van der Waals surface area (Å²) in [6.45, 7) is 1.27. The summed E-state index contributed by atoms with van der Waals surface area (Å²) in [6.07, 6.45) is 1.21. The second-order valence-corrected chi connectivity index (χ2v) is 6.92. The maximum absolute atomic E-state index is 11.4. The molecule has 0 amide bonds. The fourth-order valence-corrected chi connectivity index (χ4v) is 2.65. The molecule has 0 radical (unpaired) electrons. The number of anilines is 1. The van der Waals surface area contributed by atoms with Crippen molar-refractivity contribution in [3.63, 3.8) is 0 Å². The van der Waals surface area contributed by atoms with Crippen molar-refractivity contribution in [2.45, 2.75) is 18.0 Å². The number of sulfone groups is 1. The van der Waals surface area contributed by atoms with E-state index >= 15 is 0 Å². The number of benzene rings is 2. The van der Waals surface area contributed by atoms with E-state index in [1.54, 1.807) is 31.4 Å². The van der Waals surface area contributed by atoms with Crippen molar-refractivity contribution in [1.82, 2.24) is 0 Å². The molecule has 0 fully saturated rings. The third-order valence-electron chi connectivity index (χ3n) is 3.08. The highest BCUT2D eigenvalue weighted by atomic mass is 32.2. The zero-order valence-corrected chi connectivity index (χ0v) is 13.0. The Kier molecular flexibility index (Phi) is 4.98. The van der Waals surface area contributed by atoms with Gasteiger partial charge in [0.25, 0.3) is 0 Å². The molecule has 0 unspecified atom stereocenters. The number of hydrogen-bond acceptors (Lipinski definition) is 4. The third-order valence-corrected chi connectivity index (χ3v) is 4.21. The predicted octanol–water partition coefficient (Wildman–Crippen LogP) is 2.85. The molecule has 2 aromatic rings. The molecule has 2 rings (SSSR count). The van der Waals surface area contributed by atoms with E-state index in [1.807, 2.05) is 18.2 Å². The highest BCUT2D eigenvalue weighted by Crippen LogP contribution is 2.15. The standard InChI is InChI=1S/C16H19NO3S/c1-20-12-14-5-3-4-13(10-14)11-17-15-6-8-16(9-7-15)21(2,18)19/h3-10,17H,11-12H2,1-2H3. The molecule has 0 aromatic heterocycles. The van der Waals surface area contributed by atoms with Crippen LogP contribution >= 0.6 is 0 Å². The molecule has 2 aromatic carbocycles. The lowest BCUT2D eigenvalue weighted by Crippen LogP contribution is -2.01. The van der Waals surface area contributed by atoms with Crippen molar-refractivity contribution in [2.75, 3.05) is 18.7 Å². The van der Waals surface area contributed by atoms with Crippen LogP contribution in [-0.2, 0) is 27.7 Å². The summed E-state index contributed by atoms with van der Waals surface area (Å²) in [5.41, 5.74) is 3.17. The van der Waals surface area contributed by atoms with Gasteiger partial charge in [-0.05, 0) is 35.4 Å². The minimum absolute atomic E-state index is 0.329. The van der Waals surface area contributed by atoms with Crippen molar-refractivity contribution in [2.24, 2.45) is 0 Å². The number of ether oxygens (including phenoxy) is 1. The first-order valence-corrected chi connectivity index (χ1v) is 8.49. The molecule has 0 saturated heterocycles. The Morgan fingerprint density at radius 3 is 2.33 bits per heavy atom. The van der Waals surface area contributed by atoms with Gasteiger partial charge in [-0.3, -0.25) is 0 Å². The van der Waals surface area contributed by atoms with E-state index in [4.69, 9.17) is 4.74 Å². The van der Waals surface area contributed by atoms with Crippen LogP contribution in [0, 0.1) is 0 Å². The quantitative estimate of drug-likeness (QED) is 0.891. The minimum Gasteiger partial charge on any atom is -0.381 e. The van der Waals surface area contributed by atoms with Gasteiger partial charge in [0.15, 0.2) is 9.84 Å². The van der Waals surface area contributed by atoms with Crippen molar-refractivity contribution < 1.29 is 13.2 Å². The largest absolute Gasteiger partial charge is 0.381 e. The van der Waals surface area contributed by atoms with E-state index in [0.717, 1.165) is 16.8 Å². The molecule has 0 spiro atoms. The highest BCUT2D eigenvalue weighted by molar-refractivity contribution is 7.90. The first-order chi connectivity index (χ1) is 9.99. The second-order valence-electron chi connectivity index (χ2n) is 4.90. The van der Waals surface area contributed by atoms with Crippen LogP contribution < -0.4 is 5.32 Å². The molecule has 0 bridgehead atoms. The van der Waals surface area contributed by atoms with Gasteiger partial charge in [-0.15, -0.1) is 0 Å². The van der Waals surface area contributed by atoms with Crippen LogP contribution in [0.2, 0.25) is 0 Å². The van der Waals surface area contributed by atoms with Gasteiger partial charge in [0, 0.05) is 25.6 Å². The predicted molar refractivity (Wildman–Crippen MR) is 84.0 cm³/mol. The molecule has 0 aliphatic heterocycles. The molecule has 1 N–H and O–H groups in total. The van der Waals surface area contributed by atoms with Gasteiger partial charge >= 0.3 is 0 Å². The topological polar surface area (TPSA) is 55.4 Å². The first kappa shape index (κ1) is 15.5. The summed E-state index contributed by atoms with van der Waals surface area (Å²) >= 11 is 0. The summed E-state index contributed by atoms with van der Waals surface area (Å²) in [4.78, 5) is 0.329. The molecular weight excluding hydrogens is 286 g/mol.